The highest BCUT2D eigenvalue weighted by Gasteiger charge is 2.47. The summed E-state index contributed by atoms with van der Waals surface area (Å²) in [7, 11) is 0. The van der Waals surface area contributed by atoms with Crippen molar-refractivity contribution in [3.63, 3.8) is 0 Å². The number of nitrogens with zero attached hydrogens (tertiary/aromatic N) is 3. The van der Waals surface area contributed by atoms with Crippen LogP contribution in [0.25, 0.3) is 77.7 Å². The Bertz CT molecular complexity index is 3130. The lowest BCUT2D eigenvalue weighted by Gasteiger charge is -2.34. The van der Waals surface area contributed by atoms with Gasteiger partial charge in [0.25, 0.3) is 0 Å². The molecule has 0 aliphatic heterocycles. The summed E-state index contributed by atoms with van der Waals surface area (Å²) in [5, 5.41) is 15.3. The van der Waals surface area contributed by atoms with Crippen molar-refractivity contribution < 1.29 is 0 Å². The van der Waals surface area contributed by atoms with Gasteiger partial charge in [-0.2, -0.15) is 5.26 Å². The van der Waals surface area contributed by atoms with Crippen LogP contribution >= 0.6 is 0 Å². The number of aromatic nitrogens is 2. The van der Waals surface area contributed by atoms with E-state index in [1.165, 1.54) is 32.8 Å². The van der Waals surface area contributed by atoms with E-state index in [-0.39, 0.29) is 0 Å². The van der Waals surface area contributed by atoms with Crippen molar-refractivity contribution in [1.29, 1.82) is 5.26 Å². The lowest BCUT2D eigenvalue weighted by Crippen LogP contribution is -2.28. The van der Waals surface area contributed by atoms with E-state index >= 15 is 0 Å². The average Bonchev–Trinajstić information content (AvgIpc) is 3.63. The van der Waals surface area contributed by atoms with Gasteiger partial charge in [0.05, 0.1) is 28.4 Å². The molecule has 10 aromatic rings. The predicted octanol–water partition coefficient (Wildman–Crippen LogP) is 13.7. The van der Waals surface area contributed by atoms with Crippen molar-refractivity contribution in [1.82, 2.24) is 9.97 Å². The Morgan fingerprint density at radius 2 is 0.864 bits per heavy atom. The molecular weight excluding hydrogens is 715 g/mol. The molecule has 11 rings (SSSR count). The zero-order valence-corrected chi connectivity index (χ0v) is 32.0. The van der Waals surface area contributed by atoms with Crippen LogP contribution in [0.3, 0.4) is 0 Å². The standard InChI is InChI=1S/C56H35N3/c57-36-45-17-11-23-49-53(45)54-48(22-12-24-50(54)56(49,46-18-3-1-4-19-46)47-20-5-2-6-21-47)39-27-29-40(30-28-39)51-35-52(43-31-25-37-13-7-9-15-41(37)33-43)59-55(58-51)44-32-26-38-14-8-10-16-42(38)34-44/h1-35H. The highest BCUT2D eigenvalue weighted by molar-refractivity contribution is 5.98. The van der Waals surface area contributed by atoms with Crippen LogP contribution in [-0.2, 0) is 5.41 Å². The fourth-order valence-electron chi connectivity index (χ4n) is 9.28. The first-order valence-corrected chi connectivity index (χ1v) is 20.0. The first-order valence-electron chi connectivity index (χ1n) is 20.0. The molecule has 274 valence electrons. The monoisotopic (exact) mass is 749 g/mol. The summed E-state index contributed by atoms with van der Waals surface area (Å²) in [4.78, 5) is 10.4. The molecule has 0 unspecified atom stereocenters. The second-order valence-corrected chi connectivity index (χ2v) is 15.2. The highest BCUT2D eigenvalue weighted by atomic mass is 14.9. The van der Waals surface area contributed by atoms with Crippen molar-refractivity contribution in [3.8, 4) is 62.2 Å². The molecule has 0 saturated heterocycles. The van der Waals surface area contributed by atoms with Crippen LogP contribution in [0.1, 0.15) is 27.8 Å². The smallest absolute Gasteiger partial charge is 0.160 e. The van der Waals surface area contributed by atoms with E-state index in [0.717, 1.165) is 61.3 Å². The van der Waals surface area contributed by atoms with Gasteiger partial charge in [-0.25, -0.2) is 9.97 Å². The molecule has 59 heavy (non-hydrogen) atoms. The minimum absolute atomic E-state index is 0.602. The zero-order valence-electron chi connectivity index (χ0n) is 32.0. The van der Waals surface area contributed by atoms with E-state index in [1.807, 2.05) is 12.1 Å². The normalized spacial score (nSPS) is 12.5. The van der Waals surface area contributed by atoms with Crippen LogP contribution < -0.4 is 0 Å². The maximum atomic E-state index is 10.6. The van der Waals surface area contributed by atoms with Crippen molar-refractivity contribution in [2.75, 3.05) is 0 Å². The van der Waals surface area contributed by atoms with E-state index in [9.17, 15) is 5.26 Å². The summed E-state index contributed by atoms with van der Waals surface area (Å²) in [6, 6.07) is 77.4. The van der Waals surface area contributed by atoms with Gasteiger partial charge in [-0.3, -0.25) is 0 Å². The zero-order chi connectivity index (χ0) is 39.3. The summed E-state index contributed by atoms with van der Waals surface area (Å²) in [6.45, 7) is 0. The average molecular weight is 750 g/mol. The molecule has 0 fully saturated rings. The van der Waals surface area contributed by atoms with Gasteiger partial charge in [0.2, 0.25) is 0 Å². The van der Waals surface area contributed by atoms with Gasteiger partial charge in [-0.05, 0) is 84.8 Å². The third kappa shape index (κ3) is 5.57. The number of benzene rings is 9. The molecule has 3 heteroatoms. The first kappa shape index (κ1) is 34.3. The van der Waals surface area contributed by atoms with Gasteiger partial charge in [-0.15, -0.1) is 0 Å². The van der Waals surface area contributed by atoms with Gasteiger partial charge in [0.1, 0.15) is 0 Å². The van der Waals surface area contributed by atoms with E-state index in [1.54, 1.807) is 0 Å². The Hall–Kier alpha value is -7.93. The van der Waals surface area contributed by atoms with E-state index in [2.05, 4.69) is 206 Å². The van der Waals surface area contributed by atoms with Crippen molar-refractivity contribution in [2.45, 2.75) is 5.41 Å². The van der Waals surface area contributed by atoms with Crippen LogP contribution in [0, 0.1) is 11.3 Å². The van der Waals surface area contributed by atoms with E-state index < -0.39 is 5.41 Å². The maximum absolute atomic E-state index is 10.6. The third-order valence-electron chi connectivity index (χ3n) is 12.0. The fraction of sp³-hybridized carbons (Fsp3) is 0.0179. The second-order valence-electron chi connectivity index (χ2n) is 15.2. The molecule has 0 radical (unpaired) electrons. The topological polar surface area (TPSA) is 49.6 Å². The Kier molecular flexibility index (Phi) is 8.10. The summed E-state index contributed by atoms with van der Waals surface area (Å²) < 4.78 is 0. The van der Waals surface area contributed by atoms with Crippen molar-refractivity contribution in [2.24, 2.45) is 0 Å². The Labute approximate surface area is 343 Å². The van der Waals surface area contributed by atoms with Gasteiger partial charge in [0, 0.05) is 22.3 Å². The minimum Gasteiger partial charge on any atom is -0.228 e. The lowest BCUT2D eigenvalue weighted by atomic mass is 9.67. The van der Waals surface area contributed by atoms with Gasteiger partial charge in [0.15, 0.2) is 5.82 Å². The van der Waals surface area contributed by atoms with Gasteiger partial charge >= 0.3 is 0 Å². The van der Waals surface area contributed by atoms with Crippen LogP contribution in [-0.4, -0.2) is 9.97 Å². The molecule has 0 saturated carbocycles. The minimum atomic E-state index is -0.602. The molecule has 0 amide bonds. The van der Waals surface area contributed by atoms with Gasteiger partial charge < -0.3 is 0 Å². The van der Waals surface area contributed by atoms with Crippen LogP contribution in [0.5, 0.6) is 0 Å². The summed E-state index contributed by atoms with van der Waals surface area (Å²) in [6.07, 6.45) is 0. The summed E-state index contributed by atoms with van der Waals surface area (Å²) in [5.41, 5.74) is 13.7. The molecule has 0 bridgehead atoms. The quantitative estimate of drug-likeness (QED) is 0.170. The number of hydrogen-bond donors (Lipinski definition) is 0. The van der Waals surface area contributed by atoms with Crippen LogP contribution in [0.2, 0.25) is 0 Å². The molecule has 1 aromatic heterocycles. The highest BCUT2D eigenvalue weighted by Crippen LogP contribution is 2.59. The fourth-order valence-corrected chi connectivity index (χ4v) is 9.28. The largest absolute Gasteiger partial charge is 0.228 e. The number of hydrogen-bond acceptors (Lipinski definition) is 3. The number of rotatable bonds is 6. The molecule has 0 N–H and O–H groups in total. The Morgan fingerprint density at radius 1 is 0.373 bits per heavy atom. The van der Waals surface area contributed by atoms with E-state index in [0.29, 0.717) is 11.4 Å². The van der Waals surface area contributed by atoms with Gasteiger partial charge in [-0.1, -0.05) is 188 Å². The predicted molar refractivity (Wildman–Crippen MR) is 241 cm³/mol. The van der Waals surface area contributed by atoms with Crippen LogP contribution in [0.15, 0.2) is 212 Å². The summed E-state index contributed by atoms with van der Waals surface area (Å²) >= 11 is 0. The molecule has 0 spiro atoms. The molecule has 0 atom stereocenters. The number of nitriles is 1. The third-order valence-corrected chi connectivity index (χ3v) is 12.0. The second kappa shape index (κ2) is 13.9. The Morgan fingerprint density at radius 3 is 1.49 bits per heavy atom. The molecule has 1 heterocycles. The van der Waals surface area contributed by atoms with E-state index in [4.69, 9.17) is 9.97 Å². The molecule has 3 nitrogen and oxygen atoms in total. The summed E-state index contributed by atoms with van der Waals surface area (Å²) in [5.74, 6) is 0.681. The Balaban J connectivity index is 1.08. The number of fused-ring (bicyclic) bond motifs is 5. The molecule has 1 aliphatic carbocycles. The van der Waals surface area contributed by atoms with Crippen molar-refractivity contribution >= 4 is 21.5 Å². The SMILES string of the molecule is N#Cc1cccc2c1-c1c(-c3ccc(-c4cc(-c5ccc6ccccc6c5)nc(-c5ccc6ccccc6c5)n4)cc3)cccc1C2(c1ccccc1)c1ccccc1. The molecular formula is C56H35N3. The molecule has 1 aliphatic rings. The van der Waals surface area contributed by atoms with Crippen LogP contribution in [0.4, 0.5) is 0 Å². The first-order chi connectivity index (χ1) is 29.2. The lowest BCUT2D eigenvalue weighted by molar-refractivity contribution is 0.768. The van der Waals surface area contributed by atoms with Crippen molar-refractivity contribution in [3.05, 3.63) is 240 Å². The maximum Gasteiger partial charge on any atom is 0.160 e. The molecule has 9 aromatic carbocycles.